The molecule has 2 atom stereocenters. The van der Waals surface area contributed by atoms with E-state index in [1.165, 1.54) is 23.5 Å². The number of piperidine rings is 1. The van der Waals surface area contributed by atoms with E-state index in [0.717, 1.165) is 19.3 Å². The molecule has 176 valence electrons. The number of amides is 1. The number of carbonyl (C=O) groups is 1. The first-order chi connectivity index (χ1) is 15.9. The maximum atomic E-state index is 13.4. The zero-order valence-electron chi connectivity index (χ0n) is 18.8. The highest BCUT2D eigenvalue weighted by atomic mass is 32.1. The number of aliphatic hydroxyl groups is 1. The third-order valence-electron chi connectivity index (χ3n) is 6.08. The van der Waals surface area contributed by atoms with Gasteiger partial charge in [0.1, 0.15) is 23.3 Å². The molecule has 0 aliphatic carbocycles. The zero-order valence-corrected chi connectivity index (χ0v) is 19.6. The van der Waals surface area contributed by atoms with Crippen LogP contribution >= 0.6 is 11.3 Å². The Balaban J connectivity index is 1.40. The van der Waals surface area contributed by atoms with Gasteiger partial charge in [-0.25, -0.2) is 9.37 Å². The van der Waals surface area contributed by atoms with Gasteiger partial charge in [-0.3, -0.25) is 9.69 Å². The van der Waals surface area contributed by atoms with E-state index in [-0.39, 0.29) is 18.3 Å². The first kappa shape index (κ1) is 23.6. The highest BCUT2D eigenvalue weighted by Gasteiger charge is 2.43. The zero-order chi connectivity index (χ0) is 23.3. The Bertz CT molecular complexity index is 1080. The number of thiazole rings is 1. The van der Waals surface area contributed by atoms with E-state index in [9.17, 15) is 14.3 Å². The molecule has 1 amide bonds. The van der Waals surface area contributed by atoms with E-state index in [1.807, 2.05) is 35.2 Å². The lowest BCUT2D eigenvalue weighted by Crippen LogP contribution is -2.58. The molecule has 0 saturated carbocycles. The number of rotatable bonds is 9. The second kappa shape index (κ2) is 10.6. The number of unbranched alkanes of at least 4 members (excludes halogenated alkanes) is 2. The van der Waals surface area contributed by atoms with Gasteiger partial charge >= 0.3 is 0 Å². The van der Waals surface area contributed by atoms with E-state index in [2.05, 4.69) is 17.2 Å². The summed E-state index contributed by atoms with van der Waals surface area (Å²) in [7, 11) is 0. The van der Waals surface area contributed by atoms with Gasteiger partial charge in [-0.15, -0.1) is 0 Å². The average molecular weight is 472 g/mol. The molecule has 1 aliphatic rings. The predicted octanol–water partition coefficient (Wildman–Crippen LogP) is 4.84. The second-order valence-electron chi connectivity index (χ2n) is 8.64. The van der Waals surface area contributed by atoms with Gasteiger partial charge in [0.25, 0.3) is 0 Å². The minimum absolute atomic E-state index is 0.171. The van der Waals surface area contributed by atoms with Crippen LogP contribution in [0.3, 0.4) is 0 Å². The van der Waals surface area contributed by atoms with Crippen molar-refractivity contribution in [3.05, 3.63) is 54.3 Å². The Morgan fingerprint density at radius 3 is 2.91 bits per heavy atom. The van der Waals surface area contributed by atoms with Crippen LogP contribution in [-0.4, -0.2) is 52.2 Å². The van der Waals surface area contributed by atoms with Crippen molar-refractivity contribution in [2.45, 2.75) is 50.7 Å². The van der Waals surface area contributed by atoms with Crippen molar-refractivity contribution < 1.29 is 19.0 Å². The number of carbonyl (C=O) groups excluding carboxylic acids is 1. The number of likely N-dealkylation sites (tertiary alicyclic amines) is 1. The molecule has 0 spiro atoms. The number of fused-ring (bicyclic) bond motifs is 1. The summed E-state index contributed by atoms with van der Waals surface area (Å²) in [5.74, 6) is 0.196. The minimum Gasteiger partial charge on any atom is -0.486 e. The largest absolute Gasteiger partial charge is 0.486 e. The molecule has 8 heteroatoms. The minimum atomic E-state index is -0.922. The monoisotopic (exact) mass is 471 g/mol. The molecular weight excluding hydrogens is 441 g/mol. The highest BCUT2D eigenvalue weighted by Crippen LogP contribution is 2.32. The molecule has 4 rings (SSSR count). The lowest BCUT2D eigenvalue weighted by Gasteiger charge is -2.44. The summed E-state index contributed by atoms with van der Waals surface area (Å²) >= 11 is 1.25. The van der Waals surface area contributed by atoms with Crippen molar-refractivity contribution in [2.75, 3.05) is 25.0 Å². The number of hydrogen-bond acceptors (Lipinski definition) is 6. The van der Waals surface area contributed by atoms with Gasteiger partial charge in [-0.1, -0.05) is 55.7 Å². The van der Waals surface area contributed by atoms with Crippen molar-refractivity contribution in [3.8, 4) is 5.75 Å². The lowest BCUT2D eigenvalue weighted by atomic mass is 9.83. The normalized spacial score (nSPS) is 21.2. The van der Waals surface area contributed by atoms with E-state index in [0.29, 0.717) is 47.0 Å². The molecule has 2 aromatic carbocycles. The molecule has 0 radical (unpaired) electrons. The Morgan fingerprint density at radius 1 is 1.30 bits per heavy atom. The molecule has 33 heavy (non-hydrogen) atoms. The fourth-order valence-electron chi connectivity index (χ4n) is 4.24. The predicted molar refractivity (Wildman–Crippen MR) is 129 cm³/mol. The van der Waals surface area contributed by atoms with E-state index in [4.69, 9.17) is 4.74 Å². The van der Waals surface area contributed by atoms with E-state index < -0.39 is 11.7 Å². The van der Waals surface area contributed by atoms with Crippen molar-refractivity contribution in [3.63, 3.8) is 0 Å². The summed E-state index contributed by atoms with van der Waals surface area (Å²) in [5.41, 5.74) is -0.266. The number of para-hydroxylation sites is 1. The number of ether oxygens (including phenoxy) is 1. The number of aromatic nitrogens is 1. The first-order valence-corrected chi connectivity index (χ1v) is 12.3. The molecule has 3 aromatic rings. The number of anilines is 1. The fourth-order valence-corrected chi connectivity index (χ4v) is 5.15. The summed E-state index contributed by atoms with van der Waals surface area (Å²) in [5, 5.41) is 14.7. The molecule has 1 fully saturated rings. The van der Waals surface area contributed by atoms with Gasteiger partial charge in [0.15, 0.2) is 5.13 Å². The van der Waals surface area contributed by atoms with Gasteiger partial charge in [0.2, 0.25) is 5.91 Å². The molecule has 6 nitrogen and oxygen atoms in total. The molecule has 2 N–H and O–H groups in total. The number of nitrogens with one attached hydrogen (secondary N) is 1. The molecule has 0 unspecified atom stereocenters. The molecule has 1 aliphatic heterocycles. The number of benzene rings is 2. The van der Waals surface area contributed by atoms with Crippen LogP contribution in [0.1, 0.15) is 39.0 Å². The summed E-state index contributed by atoms with van der Waals surface area (Å²) < 4.78 is 20.3. The smallest absolute Gasteiger partial charge is 0.240 e. The third kappa shape index (κ3) is 6.07. The summed E-state index contributed by atoms with van der Waals surface area (Å²) in [6.45, 7) is 3.38. The summed E-state index contributed by atoms with van der Waals surface area (Å²) in [6.07, 6.45) is 3.90. The third-order valence-corrected chi connectivity index (χ3v) is 7.02. The average Bonchev–Trinajstić information content (AvgIpc) is 3.18. The fraction of sp³-hybridized carbons (Fsp3) is 0.440. The van der Waals surface area contributed by atoms with Gasteiger partial charge in [-0.05, 0) is 43.2 Å². The Morgan fingerprint density at radius 2 is 2.12 bits per heavy atom. The van der Waals surface area contributed by atoms with Gasteiger partial charge in [0, 0.05) is 13.1 Å². The molecule has 2 heterocycles. The molecule has 1 aromatic heterocycles. The van der Waals surface area contributed by atoms with Crippen LogP contribution in [0.15, 0.2) is 48.5 Å². The topological polar surface area (TPSA) is 74.7 Å². The quantitative estimate of drug-likeness (QED) is 0.437. The van der Waals surface area contributed by atoms with E-state index >= 15 is 0 Å². The van der Waals surface area contributed by atoms with E-state index in [1.54, 1.807) is 6.07 Å². The maximum absolute atomic E-state index is 13.4. The van der Waals surface area contributed by atoms with Crippen LogP contribution in [0.25, 0.3) is 10.2 Å². The Kier molecular flexibility index (Phi) is 7.57. The Hall–Kier alpha value is -2.55. The Labute approximate surface area is 197 Å². The molecular formula is C25H30FN3O3S. The van der Waals surface area contributed by atoms with Crippen molar-refractivity contribution >= 4 is 32.6 Å². The number of nitrogens with zero attached hydrogens (tertiary/aromatic N) is 2. The van der Waals surface area contributed by atoms with Crippen LogP contribution in [0.2, 0.25) is 0 Å². The molecule has 0 bridgehead atoms. The lowest BCUT2D eigenvalue weighted by molar-refractivity contribution is -0.127. The second-order valence-corrected chi connectivity index (χ2v) is 9.68. The van der Waals surface area contributed by atoms with Crippen LogP contribution < -0.4 is 10.1 Å². The van der Waals surface area contributed by atoms with Gasteiger partial charge < -0.3 is 15.2 Å². The van der Waals surface area contributed by atoms with Crippen molar-refractivity contribution in [1.29, 1.82) is 0 Å². The van der Waals surface area contributed by atoms with Crippen LogP contribution in [0.4, 0.5) is 9.52 Å². The van der Waals surface area contributed by atoms with Crippen LogP contribution in [-0.2, 0) is 4.79 Å². The summed E-state index contributed by atoms with van der Waals surface area (Å²) in [6, 6.07) is 13.9. The highest BCUT2D eigenvalue weighted by molar-refractivity contribution is 7.22. The van der Waals surface area contributed by atoms with Crippen LogP contribution in [0, 0.1) is 5.82 Å². The first-order valence-electron chi connectivity index (χ1n) is 11.5. The number of halogens is 1. The van der Waals surface area contributed by atoms with Crippen molar-refractivity contribution in [1.82, 2.24) is 9.88 Å². The van der Waals surface area contributed by atoms with Gasteiger partial charge in [-0.2, -0.15) is 0 Å². The maximum Gasteiger partial charge on any atom is 0.240 e. The standard InChI is InChI=1S/C25H30FN3O3S/c1-2-3-7-12-25(31)13-14-29(16-22(25)32-19-8-5-4-6-9-19)17-23(30)28-24-27-20-11-10-18(26)15-21(20)33-24/h4-6,8-11,15,22,31H,2-3,7,12-14,16-17H2,1H3,(H,27,28,30)/t22-,25-/m0/s1. The molecule has 1 saturated heterocycles. The summed E-state index contributed by atoms with van der Waals surface area (Å²) in [4.78, 5) is 19.1. The number of hydrogen-bond donors (Lipinski definition) is 2. The SMILES string of the molecule is CCCCC[C@]1(O)CCN(CC(=O)Nc2nc3ccc(F)cc3s2)C[C@@H]1Oc1ccccc1. The van der Waals surface area contributed by atoms with Crippen molar-refractivity contribution in [2.24, 2.45) is 0 Å². The van der Waals surface area contributed by atoms with Crippen LogP contribution in [0.5, 0.6) is 5.75 Å². The van der Waals surface area contributed by atoms with Gasteiger partial charge in [0.05, 0.1) is 16.8 Å².